The SMILES string of the molecule is C=C(C)[C@@H]1CC=C(C)C(O)C1O. The van der Waals surface area contributed by atoms with Crippen LogP contribution in [0.3, 0.4) is 0 Å². The zero-order valence-corrected chi connectivity index (χ0v) is 7.62. The highest BCUT2D eigenvalue weighted by Gasteiger charge is 2.30. The van der Waals surface area contributed by atoms with Gasteiger partial charge in [0.05, 0.1) is 6.10 Å². The highest BCUT2D eigenvalue weighted by atomic mass is 16.3. The number of hydrogen-bond acceptors (Lipinski definition) is 2. The minimum Gasteiger partial charge on any atom is -0.389 e. The van der Waals surface area contributed by atoms with Crippen molar-refractivity contribution in [2.75, 3.05) is 0 Å². The van der Waals surface area contributed by atoms with Crippen LogP contribution in [-0.4, -0.2) is 22.4 Å². The Kier molecular flexibility index (Phi) is 2.70. The van der Waals surface area contributed by atoms with Gasteiger partial charge in [-0.15, -0.1) is 0 Å². The molecule has 68 valence electrons. The van der Waals surface area contributed by atoms with Crippen molar-refractivity contribution in [2.45, 2.75) is 32.5 Å². The van der Waals surface area contributed by atoms with E-state index in [4.69, 9.17) is 0 Å². The first kappa shape index (κ1) is 9.49. The molecule has 0 saturated heterocycles. The second kappa shape index (κ2) is 3.42. The molecule has 1 rings (SSSR count). The summed E-state index contributed by atoms with van der Waals surface area (Å²) in [5.41, 5.74) is 1.80. The molecule has 0 aromatic heterocycles. The lowest BCUT2D eigenvalue weighted by Crippen LogP contribution is -2.37. The molecule has 2 unspecified atom stereocenters. The average Bonchev–Trinajstić information content (AvgIpc) is 2.00. The largest absolute Gasteiger partial charge is 0.389 e. The third-order valence-electron chi connectivity index (χ3n) is 2.53. The summed E-state index contributed by atoms with van der Waals surface area (Å²) in [5, 5.41) is 19.1. The van der Waals surface area contributed by atoms with Gasteiger partial charge in [-0.25, -0.2) is 0 Å². The topological polar surface area (TPSA) is 40.5 Å². The second-order valence-corrected chi connectivity index (χ2v) is 3.57. The van der Waals surface area contributed by atoms with Gasteiger partial charge in [-0.3, -0.25) is 0 Å². The lowest BCUT2D eigenvalue weighted by Gasteiger charge is -2.31. The Morgan fingerprint density at radius 2 is 2.17 bits per heavy atom. The molecule has 0 bridgehead atoms. The Morgan fingerprint density at radius 1 is 1.58 bits per heavy atom. The van der Waals surface area contributed by atoms with E-state index in [2.05, 4.69) is 6.58 Å². The molecule has 0 aromatic carbocycles. The predicted molar refractivity (Wildman–Crippen MR) is 48.7 cm³/mol. The van der Waals surface area contributed by atoms with E-state index >= 15 is 0 Å². The summed E-state index contributed by atoms with van der Waals surface area (Å²) in [6.07, 6.45) is 1.38. The van der Waals surface area contributed by atoms with E-state index < -0.39 is 12.2 Å². The molecule has 0 spiro atoms. The first-order chi connectivity index (χ1) is 5.54. The highest BCUT2D eigenvalue weighted by molar-refractivity contribution is 5.18. The minimum atomic E-state index is -0.708. The molecule has 1 aliphatic carbocycles. The maximum absolute atomic E-state index is 9.63. The normalized spacial score (nSPS) is 36.0. The third-order valence-corrected chi connectivity index (χ3v) is 2.53. The van der Waals surface area contributed by atoms with Crippen LogP contribution >= 0.6 is 0 Å². The molecule has 0 amide bonds. The molecule has 0 fully saturated rings. The van der Waals surface area contributed by atoms with Gasteiger partial charge in [0.25, 0.3) is 0 Å². The van der Waals surface area contributed by atoms with Crippen molar-refractivity contribution < 1.29 is 10.2 Å². The van der Waals surface area contributed by atoms with Gasteiger partial charge in [0.15, 0.2) is 0 Å². The molecule has 2 heteroatoms. The zero-order valence-electron chi connectivity index (χ0n) is 7.62. The maximum atomic E-state index is 9.63. The van der Waals surface area contributed by atoms with Gasteiger partial charge in [-0.05, 0) is 25.8 Å². The molecule has 0 aliphatic heterocycles. The summed E-state index contributed by atoms with van der Waals surface area (Å²) >= 11 is 0. The van der Waals surface area contributed by atoms with Crippen molar-refractivity contribution >= 4 is 0 Å². The van der Waals surface area contributed by atoms with E-state index in [-0.39, 0.29) is 5.92 Å². The quantitative estimate of drug-likeness (QED) is 0.578. The second-order valence-electron chi connectivity index (χ2n) is 3.57. The molecule has 12 heavy (non-hydrogen) atoms. The Hall–Kier alpha value is -0.600. The number of allylic oxidation sites excluding steroid dienone is 1. The Balaban J connectivity index is 2.80. The lowest BCUT2D eigenvalue weighted by atomic mass is 9.82. The minimum absolute atomic E-state index is 0.0173. The van der Waals surface area contributed by atoms with Crippen LogP contribution in [0.2, 0.25) is 0 Å². The molecular formula is C10H16O2. The summed E-state index contributed by atoms with van der Waals surface area (Å²) in [4.78, 5) is 0. The van der Waals surface area contributed by atoms with Crippen LogP contribution in [0.5, 0.6) is 0 Å². The summed E-state index contributed by atoms with van der Waals surface area (Å²) < 4.78 is 0. The van der Waals surface area contributed by atoms with Gasteiger partial charge in [0.2, 0.25) is 0 Å². The molecule has 0 saturated carbocycles. The van der Waals surface area contributed by atoms with Crippen molar-refractivity contribution in [1.29, 1.82) is 0 Å². The highest BCUT2D eigenvalue weighted by Crippen LogP contribution is 2.28. The van der Waals surface area contributed by atoms with Crippen LogP contribution < -0.4 is 0 Å². The van der Waals surface area contributed by atoms with Crippen molar-refractivity contribution in [2.24, 2.45) is 5.92 Å². The zero-order chi connectivity index (χ0) is 9.30. The van der Waals surface area contributed by atoms with E-state index in [0.717, 1.165) is 17.6 Å². The van der Waals surface area contributed by atoms with E-state index in [1.165, 1.54) is 0 Å². The van der Waals surface area contributed by atoms with Crippen molar-refractivity contribution in [3.8, 4) is 0 Å². The summed E-state index contributed by atoms with van der Waals surface area (Å²) in [6, 6.07) is 0. The number of aliphatic hydroxyl groups excluding tert-OH is 2. The van der Waals surface area contributed by atoms with Crippen LogP contribution in [0.4, 0.5) is 0 Å². The fraction of sp³-hybridized carbons (Fsp3) is 0.600. The fourth-order valence-electron chi connectivity index (χ4n) is 1.56. The van der Waals surface area contributed by atoms with Crippen LogP contribution in [-0.2, 0) is 0 Å². The molecule has 2 nitrogen and oxygen atoms in total. The number of aliphatic hydroxyl groups is 2. The smallest absolute Gasteiger partial charge is 0.101 e. The fourth-order valence-corrected chi connectivity index (χ4v) is 1.56. The van der Waals surface area contributed by atoms with Gasteiger partial charge in [0, 0.05) is 5.92 Å². The monoisotopic (exact) mass is 168 g/mol. The summed E-state index contributed by atoms with van der Waals surface area (Å²) in [6.45, 7) is 7.51. The first-order valence-corrected chi connectivity index (χ1v) is 4.22. The molecule has 0 aromatic rings. The van der Waals surface area contributed by atoms with E-state index in [9.17, 15) is 10.2 Å². The Morgan fingerprint density at radius 3 is 2.67 bits per heavy atom. The van der Waals surface area contributed by atoms with Crippen LogP contribution in [0, 0.1) is 5.92 Å². The Labute approximate surface area is 73.2 Å². The molecule has 1 aliphatic rings. The van der Waals surface area contributed by atoms with Crippen molar-refractivity contribution in [3.63, 3.8) is 0 Å². The van der Waals surface area contributed by atoms with Crippen molar-refractivity contribution in [3.05, 3.63) is 23.8 Å². The number of hydrogen-bond donors (Lipinski definition) is 2. The van der Waals surface area contributed by atoms with E-state index in [0.29, 0.717) is 0 Å². The molecule has 0 heterocycles. The summed E-state index contributed by atoms with van der Waals surface area (Å²) in [5.74, 6) is 0.0173. The lowest BCUT2D eigenvalue weighted by molar-refractivity contribution is 0.00618. The molecule has 0 radical (unpaired) electrons. The van der Waals surface area contributed by atoms with Gasteiger partial charge in [-0.1, -0.05) is 18.2 Å². The standard InChI is InChI=1S/C10H16O2/c1-6(2)8-5-4-7(3)9(11)10(8)12/h4,8-12H,1,5H2,2-3H3/t8-,9?,10?/m0/s1. The third kappa shape index (κ3) is 1.59. The maximum Gasteiger partial charge on any atom is 0.101 e. The van der Waals surface area contributed by atoms with Gasteiger partial charge < -0.3 is 10.2 Å². The molecular weight excluding hydrogens is 152 g/mol. The predicted octanol–water partition coefficient (Wildman–Crippen LogP) is 1.25. The van der Waals surface area contributed by atoms with Crippen LogP contribution in [0.1, 0.15) is 20.3 Å². The van der Waals surface area contributed by atoms with Crippen LogP contribution in [0.15, 0.2) is 23.8 Å². The first-order valence-electron chi connectivity index (χ1n) is 4.22. The molecule has 3 atom stereocenters. The van der Waals surface area contributed by atoms with Crippen molar-refractivity contribution in [1.82, 2.24) is 0 Å². The van der Waals surface area contributed by atoms with E-state index in [1.54, 1.807) is 0 Å². The summed E-state index contributed by atoms with van der Waals surface area (Å²) in [7, 11) is 0. The van der Waals surface area contributed by atoms with Crippen LogP contribution in [0.25, 0.3) is 0 Å². The van der Waals surface area contributed by atoms with E-state index in [1.807, 2.05) is 19.9 Å². The van der Waals surface area contributed by atoms with Gasteiger partial charge in [0.1, 0.15) is 6.10 Å². The molecule has 2 N–H and O–H groups in total. The number of rotatable bonds is 1. The van der Waals surface area contributed by atoms with Gasteiger partial charge in [-0.2, -0.15) is 0 Å². The van der Waals surface area contributed by atoms with Gasteiger partial charge >= 0.3 is 0 Å². The average molecular weight is 168 g/mol. The Bertz CT molecular complexity index is 218.